The summed E-state index contributed by atoms with van der Waals surface area (Å²) >= 11 is 1.11. The first kappa shape index (κ1) is 16.7. The molecule has 3 N–H and O–H groups in total. The number of methoxy groups -OCH3 is 1. The van der Waals surface area contributed by atoms with Crippen LogP contribution in [0.1, 0.15) is 4.88 Å². The van der Waals surface area contributed by atoms with E-state index in [0.717, 1.165) is 22.3 Å². The van der Waals surface area contributed by atoms with E-state index in [2.05, 4.69) is 4.72 Å². The van der Waals surface area contributed by atoms with E-state index in [1.807, 2.05) is 0 Å². The van der Waals surface area contributed by atoms with Gasteiger partial charge in [0.1, 0.15) is 14.9 Å². The number of nitrogens with two attached hydrogens (primary N) is 1. The summed E-state index contributed by atoms with van der Waals surface area (Å²) in [5, 5.41) is 5.10. The first-order valence-corrected chi connectivity index (χ1v) is 9.78. The molecule has 1 aromatic carbocycles. The largest absolute Gasteiger partial charge is 0.495 e. The molecule has 1 aromatic heterocycles. The van der Waals surface area contributed by atoms with E-state index in [0.29, 0.717) is 0 Å². The normalized spacial score (nSPS) is 12.1. The predicted octanol–water partition coefficient (Wildman–Crippen LogP) is 1.51. The van der Waals surface area contributed by atoms with Crippen LogP contribution in [0.15, 0.2) is 39.4 Å². The molecule has 0 spiro atoms. The van der Waals surface area contributed by atoms with E-state index in [9.17, 15) is 16.8 Å². The number of thiophene rings is 1. The Balaban J connectivity index is 2.43. The van der Waals surface area contributed by atoms with E-state index in [-0.39, 0.29) is 20.5 Å². The van der Waals surface area contributed by atoms with E-state index in [1.165, 1.54) is 25.3 Å². The van der Waals surface area contributed by atoms with Gasteiger partial charge in [-0.05, 0) is 37.3 Å². The summed E-state index contributed by atoms with van der Waals surface area (Å²) in [6.45, 7) is 1.79. The van der Waals surface area contributed by atoms with Crippen LogP contribution in [0.25, 0.3) is 0 Å². The number of hydrogen-bond donors (Lipinski definition) is 2. The van der Waals surface area contributed by atoms with Crippen LogP contribution in [-0.2, 0) is 20.0 Å². The first-order chi connectivity index (χ1) is 10.1. The summed E-state index contributed by atoms with van der Waals surface area (Å²) in [6.07, 6.45) is 0. The molecule has 0 saturated heterocycles. The van der Waals surface area contributed by atoms with Gasteiger partial charge in [-0.2, -0.15) is 0 Å². The van der Waals surface area contributed by atoms with Crippen molar-refractivity contribution in [2.24, 2.45) is 5.14 Å². The average molecular weight is 362 g/mol. The Labute approximate surface area is 132 Å². The summed E-state index contributed by atoms with van der Waals surface area (Å²) in [4.78, 5) is 0.554. The fraction of sp³-hybridized carbons (Fsp3) is 0.167. The molecule has 0 aliphatic heterocycles. The lowest BCUT2D eigenvalue weighted by atomic mass is 10.3. The number of sulfonamides is 2. The van der Waals surface area contributed by atoms with Gasteiger partial charge < -0.3 is 4.74 Å². The Morgan fingerprint density at radius 3 is 2.32 bits per heavy atom. The number of ether oxygens (including phenoxy) is 1. The van der Waals surface area contributed by atoms with Crippen molar-refractivity contribution in [3.05, 3.63) is 35.2 Å². The van der Waals surface area contributed by atoms with Crippen LogP contribution in [0.2, 0.25) is 0 Å². The van der Waals surface area contributed by atoms with E-state index >= 15 is 0 Å². The Morgan fingerprint density at radius 2 is 1.82 bits per heavy atom. The molecule has 7 nitrogen and oxygen atoms in total. The van der Waals surface area contributed by atoms with Crippen LogP contribution < -0.4 is 14.6 Å². The van der Waals surface area contributed by atoms with Crippen molar-refractivity contribution in [2.75, 3.05) is 11.8 Å². The van der Waals surface area contributed by atoms with Gasteiger partial charge >= 0.3 is 0 Å². The standard InChI is InChI=1S/C12H14N2O5S3/c1-8-3-6-12(20-8)22(17,18)14-9-4-5-10(19-2)11(7-9)21(13,15)16/h3-7,14H,1-2H3,(H2,13,15,16). The van der Waals surface area contributed by atoms with Crippen molar-refractivity contribution in [1.82, 2.24) is 0 Å². The maximum atomic E-state index is 12.2. The van der Waals surface area contributed by atoms with Gasteiger partial charge in [0.2, 0.25) is 10.0 Å². The van der Waals surface area contributed by atoms with Gasteiger partial charge in [0, 0.05) is 4.88 Å². The zero-order valence-electron chi connectivity index (χ0n) is 11.7. The number of rotatable bonds is 5. The lowest BCUT2D eigenvalue weighted by Gasteiger charge is -2.10. The zero-order valence-corrected chi connectivity index (χ0v) is 14.2. The van der Waals surface area contributed by atoms with Crippen LogP contribution in [0, 0.1) is 6.92 Å². The van der Waals surface area contributed by atoms with E-state index in [4.69, 9.17) is 9.88 Å². The number of anilines is 1. The van der Waals surface area contributed by atoms with Crippen molar-refractivity contribution in [3.63, 3.8) is 0 Å². The Hall–Kier alpha value is -1.62. The number of benzene rings is 1. The SMILES string of the molecule is COc1ccc(NS(=O)(=O)c2ccc(C)s2)cc1S(N)(=O)=O. The highest BCUT2D eigenvalue weighted by Crippen LogP contribution is 2.28. The number of aryl methyl sites for hydroxylation is 1. The lowest BCUT2D eigenvalue weighted by molar-refractivity contribution is 0.403. The highest BCUT2D eigenvalue weighted by Gasteiger charge is 2.20. The summed E-state index contributed by atoms with van der Waals surface area (Å²) < 4.78 is 54.9. The third-order valence-corrected chi connectivity index (χ3v) is 6.51. The van der Waals surface area contributed by atoms with Crippen molar-refractivity contribution in [1.29, 1.82) is 0 Å². The molecule has 2 aromatic rings. The molecule has 0 bridgehead atoms. The molecular formula is C12H14N2O5S3. The number of primary sulfonamides is 1. The van der Waals surface area contributed by atoms with E-state index < -0.39 is 20.0 Å². The van der Waals surface area contributed by atoms with E-state index in [1.54, 1.807) is 13.0 Å². The van der Waals surface area contributed by atoms with Gasteiger partial charge in [0.25, 0.3) is 10.0 Å². The molecule has 0 aliphatic carbocycles. The van der Waals surface area contributed by atoms with Crippen molar-refractivity contribution < 1.29 is 21.6 Å². The smallest absolute Gasteiger partial charge is 0.271 e. The Morgan fingerprint density at radius 1 is 1.14 bits per heavy atom. The van der Waals surface area contributed by atoms with Crippen LogP contribution >= 0.6 is 11.3 Å². The topological polar surface area (TPSA) is 116 Å². The highest BCUT2D eigenvalue weighted by molar-refractivity contribution is 7.94. The molecule has 0 saturated carbocycles. The zero-order chi connectivity index (χ0) is 16.5. The monoisotopic (exact) mass is 362 g/mol. The third-order valence-electron chi connectivity index (χ3n) is 2.70. The number of hydrogen-bond acceptors (Lipinski definition) is 6. The molecule has 0 radical (unpaired) electrons. The molecule has 0 aliphatic rings. The number of nitrogens with one attached hydrogen (secondary N) is 1. The molecule has 0 fully saturated rings. The molecule has 0 amide bonds. The minimum atomic E-state index is -4.04. The second kappa shape index (κ2) is 5.88. The second-order valence-electron chi connectivity index (χ2n) is 4.38. The fourth-order valence-electron chi connectivity index (χ4n) is 1.72. The van der Waals surface area contributed by atoms with Gasteiger partial charge in [-0.1, -0.05) is 0 Å². The minimum Gasteiger partial charge on any atom is -0.495 e. The lowest BCUT2D eigenvalue weighted by Crippen LogP contribution is -2.15. The van der Waals surface area contributed by atoms with Crippen LogP contribution in [0.4, 0.5) is 5.69 Å². The third kappa shape index (κ3) is 3.58. The summed E-state index contributed by atoms with van der Waals surface area (Å²) in [6, 6.07) is 7.00. The van der Waals surface area contributed by atoms with Gasteiger partial charge in [-0.25, -0.2) is 22.0 Å². The molecule has 10 heteroatoms. The Kier molecular flexibility index (Phi) is 4.47. The molecule has 22 heavy (non-hydrogen) atoms. The molecule has 2 rings (SSSR count). The van der Waals surface area contributed by atoms with Gasteiger partial charge in [-0.15, -0.1) is 11.3 Å². The summed E-state index contributed by atoms with van der Waals surface area (Å²) in [5.41, 5.74) is 0.0795. The Bertz CT molecular complexity index is 901. The molecular weight excluding hydrogens is 348 g/mol. The second-order valence-corrected chi connectivity index (χ2v) is 9.11. The average Bonchev–Trinajstić information content (AvgIpc) is 2.85. The summed E-state index contributed by atoms with van der Waals surface area (Å²) in [5.74, 6) is 0.0393. The van der Waals surface area contributed by atoms with Crippen molar-refractivity contribution in [2.45, 2.75) is 16.0 Å². The predicted molar refractivity (Wildman–Crippen MR) is 84.2 cm³/mol. The molecule has 0 unspecified atom stereocenters. The van der Waals surface area contributed by atoms with Crippen LogP contribution in [0.5, 0.6) is 5.75 Å². The minimum absolute atomic E-state index is 0.0393. The van der Waals surface area contributed by atoms with Gasteiger partial charge in [0.05, 0.1) is 12.8 Å². The van der Waals surface area contributed by atoms with Crippen LogP contribution in [0.3, 0.4) is 0 Å². The fourth-order valence-corrected chi connectivity index (χ4v) is 4.78. The first-order valence-electron chi connectivity index (χ1n) is 5.93. The highest BCUT2D eigenvalue weighted by atomic mass is 32.2. The molecule has 0 atom stereocenters. The molecule has 1 heterocycles. The van der Waals surface area contributed by atoms with Crippen molar-refractivity contribution in [3.8, 4) is 5.75 Å². The molecule has 120 valence electrons. The maximum Gasteiger partial charge on any atom is 0.271 e. The van der Waals surface area contributed by atoms with Crippen molar-refractivity contribution >= 4 is 37.1 Å². The quantitative estimate of drug-likeness (QED) is 0.836. The summed E-state index contributed by atoms with van der Waals surface area (Å²) in [7, 11) is -6.53. The van der Waals surface area contributed by atoms with Gasteiger partial charge in [0.15, 0.2) is 0 Å². The maximum absolute atomic E-state index is 12.2. The van der Waals surface area contributed by atoms with Gasteiger partial charge in [-0.3, -0.25) is 4.72 Å². The van der Waals surface area contributed by atoms with Crippen LogP contribution in [-0.4, -0.2) is 23.9 Å².